The molecule has 4 rings (SSSR count). The van der Waals surface area contributed by atoms with Crippen LogP contribution in [0.2, 0.25) is 0 Å². The summed E-state index contributed by atoms with van der Waals surface area (Å²) in [5, 5.41) is 14.3. The zero-order valence-electron chi connectivity index (χ0n) is 14.5. The maximum absolute atomic E-state index is 12.6. The van der Waals surface area contributed by atoms with Crippen molar-refractivity contribution >= 4 is 23.2 Å². The normalized spacial score (nSPS) is 25.3. The van der Waals surface area contributed by atoms with Crippen molar-refractivity contribution in [3.05, 3.63) is 21.4 Å². The van der Waals surface area contributed by atoms with E-state index in [1.54, 1.807) is 11.3 Å². The Bertz CT molecular complexity index is 662. The number of carboxylic acids is 1. The molecule has 1 aromatic heterocycles. The second-order valence-electron chi connectivity index (χ2n) is 7.82. The minimum Gasteiger partial charge on any atom is -0.480 e. The SMILES string of the molecule is O=C(O)CN(CC1CC1)C1CC(NC(=O)c2csc3c2CCCC3)C1. The highest BCUT2D eigenvalue weighted by Crippen LogP contribution is 2.34. The van der Waals surface area contributed by atoms with Crippen LogP contribution in [0.1, 0.15) is 59.3 Å². The van der Waals surface area contributed by atoms with Crippen LogP contribution in [-0.2, 0) is 17.6 Å². The number of carboxylic acid groups (broad SMARTS) is 1. The molecule has 1 aromatic rings. The van der Waals surface area contributed by atoms with Gasteiger partial charge in [-0.2, -0.15) is 0 Å². The van der Waals surface area contributed by atoms with E-state index >= 15 is 0 Å². The molecule has 2 N–H and O–H groups in total. The van der Waals surface area contributed by atoms with Crippen molar-refractivity contribution in [1.29, 1.82) is 0 Å². The Labute approximate surface area is 152 Å². The Hall–Kier alpha value is -1.40. The lowest BCUT2D eigenvalue weighted by molar-refractivity contribution is -0.139. The molecular formula is C19H26N2O3S. The topological polar surface area (TPSA) is 69.6 Å². The van der Waals surface area contributed by atoms with Crippen LogP contribution in [0.3, 0.4) is 0 Å². The fourth-order valence-electron chi connectivity index (χ4n) is 4.10. The third-order valence-electron chi connectivity index (χ3n) is 5.80. The molecule has 0 spiro atoms. The van der Waals surface area contributed by atoms with Gasteiger partial charge >= 0.3 is 5.97 Å². The van der Waals surface area contributed by atoms with Crippen LogP contribution in [0.5, 0.6) is 0 Å². The number of fused-ring (bicyclic) bond motifs is 1. The number of amides is 1. The predicted molar refractivity (Wildman–Crippen MR) is 97.2 cm³/mol. The summed E-state index contributed by atoms with van der Waals surface area (Å²) in [4.78, 5) is 27.2. The lowest BCUT2D eigenvalue weighted by Crippen LogP contribution is -2.55. The first-order chi connectivity index (χ1) is 12.1. The van der Waals surface area contributed by atoms with Gasteiger partial charge in [-0.25, -0.2) is 0 Å². The van der Waals surface area contributed by atoms with Crippen LogP contribution in [0.4, 0.5) is 0 Å². The van der Waals surface area contributed by atoms with Crippen LogP contribution in [0.25, 0.3) is 0 Å². The van der Waals surface area contributed by atoms with Crippen molar-refractivity contribution < 1.29 is 14.7 Å². The molecule has 25 heavy (non-hydrogen) atoms. The second-order valence-corrected chi connectivity index (χ2v) is 8.78. The molecule has 6 heteroatoms. The molecule has 0 bridgehead atoms. The van der Waals surface area contributed by atoms with E-state index < -0.39 is 5.97 Å². The Morgan fingerprint density at radius 1 is 1.24 bits per heavy atom. The van der Waals surface area contributed by atoms with Crippen LogP contribution < -0.4 is 5.32 Å². The highest BCUT2D eigenvalue weighted by Gasteiger charge is 2.38. The summed E-state index contributed by atoms with van der Waals surface area (Å²) in [7, 11) is 0. The van der Waals surface area contributed by atoms with Crippen LogP contribution in [0, 0.1) is 5.92 Å². The number of aryl methyl sites for hydroxylation is 1. The molecule has 2 saturated carbocycles. The maximum atomic E-state index is 12.6. The number of aliphatic carboxylic acids is 1. The second kappa shape index (κ2) is 7.08. The minimum absolute atomic E-state index is 0.0647. The highest BCUT2D eigenvalue weighted by atomic mass is 32.1. The summed E-state index contributed by atoms with van der Waals surface area (Å²) < 4.78 is 0. The summed E-state index contributed by atoms with van der Waals surface area (Å²) in [6, 6.07) is 0.491. The Morgan fingerprint density at radius 3 is 2.72 bits per heavy atom. The molecule has 0 aliphatic heterocycles. The van der Waals surface area contributed by atoms with Gasteiger partial charge in [-0.3, -0.25) is 14.5 Å². The third kappa shape index (κ3) is 3.90. The first kappa shape index (κ1) is 17.0. The standard InChI is InChI=1S/C19H26N2O3S/c22-18(23)10-21(9-12-5-6-12)14-7-13(8-14)20-19(24)16-11-25-17-4-2-1-3-15(16)17/h11-14H,1-10H2,(H,20,24)(H,22,23). The molecule has 1 heterocycles. The number of carbonyl (C=O) groups excluding carboxylic acids is 1. The summed E-state index contributed by atoms with van der Waals surface area (Å²) in [5.74, 6) is -0.00168. The predicted octanol–water partition coefficient (Wildman–Crippen LogP) is 2.68. The molecule has 0 atom stereocenters. The summed E-state index contributed by atoms with van der Waals surface area (Å²) in [6.07, 6.45) is 8.77. The van der Waals surface area contributed by atoms with E-state index in [1.165, 1.54) is 36.1 Å². The smallest absolute Gasteiger partial charge is 0.317 e. The van der Waals surface area contributed by atoms with Crippen molar-refractivity contribution in [2.45, 2.75) is 63.5 Å². The Morgan fingerprint density at radius 2 is 2.00 bits per heavy atom. The van der Waals surface area contributed by atoms with E-state index in [1.807, 2.05) is 5.38 Å². The van der Waals surface area contributed by atoms with Gasteiger partial charge in [0.05, 0.1) is 12.1 Å². The number of hydrogen-bond acceptors (Lipinski definition) is 4. The lowest BCUT2D eigenvalue weighted by Gasteiger charge is -2.42. The van der Waals surface area contributed by atoms with Crippen LogP contribution >= 0.6 is 11.3 Å². The average Bonchev–Trinajstić information content (AvgIpc) is 3.24. The Kier molecular flexibility index (Phi) is 4.82. The van der Waals surface area contributed by atoms with E-state index in [0.717, 1.165) is 37.8 Å². The zero-order chi connectivity index (χ0) is 17.4. The molecule has 0 aromatic carbocycles. The average molecular weight is 362 g/mol. The molecular weight excluding hydrogens is 336 g/mol. The molecule has 3 aliphatic carbocycles. The molecule has 0 unspecified atom stereocenters. The fraction of sp³-hybridized carbons (Fsp3) is 0.684. The van der Waals surface area contributed by atoms with Crippen molar-refractivity contribution in [2.75, 3.05) is 13.1 Å². The fourth-order valence-corrected chi connectivity index (χ4v) is 5.23. The van der Waals surface area contributed by atoms with Crippen molar-refractivity contribution in [1.82, 2.24) is 10.2 Å². The van der Waals surface area contributed by atoms with Gasteiger partial charge in [0.15, 0.2) is 0 Å². The number of hydrogen-bond donors (Lipinski definition) is 2. The molecule has 0 radical (unpaired) electrons. The zero-order valence-corrected chi connectivity index (χ0v) is 15.3. The van der Waals surface area contributed by atoms with Gasteiger partial charge < -0.3 is 10.4 Å². The van der Waals surface area contributed by atoms with Gasteiger partial charge in [-0.1, -0.05) is 0 Å². The molecule has 1 amide bonds. The van der Waals surface area contributed by atoms with Crippen molar-refractivity contribution in [2.24, 2.45) is 5.92 Å². The van der Waals surface area contributed by atoms with Gasteiger partial charge in [0, 0.05) is 28.9 Å². The summed E-state index contributed by atoms with van der Waals surface area (Å²) in [5.41, 5.74) is 2.15. The van der Waals surface area contributed by atoms with Gasteiger partial charge in [-0.05, 0) is 62.8 Å². The van der Waals surface area contributed by atoms with E-state index in [2.05, 4.69) is 10.2 Å². The van der Waals surface area contributed by atoms with E-state index in [4.69, 9.17) is 5.11 Å². The van der Waals surface area contributed by atoms with Gasteiger partial charge in [0.2, 0.25) is 0 Å². The quantitative estimate of drug-likeness (QED) is 0.782. The number of nitrogens with zero attached hydrogens (tertiary/aromatic N) is 1. The van der Waals surface area contributed by atoms with E-state index in [0.29, 0.717) is 12.0 Å². The maximum Gasteiger partial charge on any atom is 0.317 e. The van der Waals surface area contributed by atoms with Crippen molar-refractivity contribution in [3.8, 4) is 0 Å². The summed E-state index contributed by atoms with van der Waals surface area (Å²) >= 11 is 1.72. The molecule has 136 valence electrons. The summed E-state index contributed by atoms with van der Waals surface area (Å²) in [6.45, 7) is 1.02. The van der Waals surface area contributed by atoms with Gasteiger partial charge in [0.25, 0.3) is 5.91 Å². The van der Waals surface area contributed by atoms with Crippen LogP contribution in [0.15, 0.2) is 5.38 Å². The number of carbonyl (C=O) groups is 2. The van der Waals surface area contributed by atoms with E-state index in [9.17, 15) is 9.59 Å². The molecule has 3 aliphatic rings. The number of thiophene rings is 1. The van der Waals surface area contributed by atoms with Gasteiger partial charge in [-0.15, -0.1) is 11.3 Å². The highest BCUT2D eigenvalue weighted by molar-refractivity contribution is 7.10. The molecule has 2 fully saturated rings. The molecule has 5 nitrogen and oxygen atoms in total. The third-order valence-corrected chi connectivity index (χ3v) is 6.89. The molecule has 0 saturated heterocycles. The van der Waals surface area contributed by atoms with Crippen molar-refractivity contribution in [3.63, 3.8) is 0 Å². The first-order valence-electron chi connectivity index (χ1n) is 9.46. The Balaban J connectivity index is 1.30. The van der Waals surface area contributed by atoms with Gasteiger partial charge in [0.1, 0.15) is 0 Å². The number of nitrogens with one attached hydrogen (secondary N) is 1. The number of rotatable bonds is 7. The first-order valence-corrected chi connectivity index (χ1v) is 10.3. The monoisotopic (exact) mass is 362 g/mol. The van der Waals surface area contributed by atoms with E-state index in [-0.39, 0.29) is 18.5 Å². The lowest BCUT2D eigenvalue weighted by atomic mass is 9.84. The minimum atomic E-state index is -0.752. The van der Waals surface area contributed by atoms with Crippen LogP contribution in [-0.4, -0.2) is 47.1 Å². The largest absolute Gasteiger partial charge is 0.480 e.